The number of hydrogen-bond donors (Lipinski definition) is 1. The second-order valence-electron chi connectivity index (χ2n) is 2.92. The molecule has 1 atom stereocenters. The lowest BCUT2D eigenvalue weighted by Gasteiger charge is -2.08. The Morgan fingerprint density at radius 3 is 2.75 bits per heavy atom. The maximum Gasteiger partial charge on any atom is 0.308 e. The van der Waals surface area contributed by atoms with Crippen LogP contribution in [0, 0.1) is 5.92 Å². The average molecular weight is 173 g/mol. The Labute approximate surface area is 74.5 Å². The number of esters is 1. The molecule has 72 valence electrons. The van der Waals surface area contributed by atoms with Gasteiger partial charge in [-0.3, -0.25) is 4.79 Å². The molecule has 3 nitrogen and oxygen atoms in total. The van der Waals surface area contributed by atoms with Crippen LogP contribution in [-0.4, -0.2) is 26.2 Å². The third kappa shape index (κ3) is 5.13. The average Bonchev–Trinajstić information content (AvgIpc) is 2.10. The van der Waals surface area contributed by atoms with E-state index < -0.39 is 0 Å². The number of ether oxygens (including phenoxy) is 1. The van der Waals surface area contributed by atoms with Gasteiger partial charge in [0.2, 0.25) is 0 Å². The van der Waals surface area contributed by atoms with Gasteiger partial charge in [-0.15, -0.1) is 0 Å². The molecule has 0 fully saturated rings. The third-order valence-corrected chi connectivity index (χ3v) is 1.84. The van der Waals surface area contributed by atoms with Gasteiger partial charge in [-0.2, -0.15) is 0 Å². The molecular formula is C9H19NO2. The van der Waals surface area contributed by atoms with Gasteiger partial charge in [0, 0.05) is 0 Å². The zero-order valence-corrected chi connectivity index (χ0v) is 8.22. The minimum Gasteiger partial charge on any atom is -0.469 e. The molecule has 0 aromatic heterocycles. The highest BCUT2D eigenvalue weighted by atomic mass is 16.5. The second-order valence-corrected chi connectivity index (χ2v) is 2.92. The largest absolute Gasteiger partial charge is 0.469 e. The molecule has 3 heteroatoms. The van der Waals surface area contributed by atoms with E-state index in [9.17, 15) is 4.79 Å². The first-order chi connectivity index (χ1) is 5.72. The van der Waals surface area contributed by atoms with E-state index >= 15 is 0 Å². The Kier molecular flexibility index (Phi) is 6.76. The van der Waals surface area contributed by atoms with Crippen LogP contribution in [0.3, 0.4) is 0 Å². The van der Waals surface area contributed by atoms with Crippen molar-refractivity contribution >= 4 is 5.97 Å². The van der Waals surface area contributed by atoms with Gasteiger partial charge in [-0.25, -0.2) is 0 Å². The zero-order chi connectivity index (χ0) is 9.40. The molecule has 0 aliphatic rings. The number of nitrogens with one attached hydrogen (secondary N) is 1. The fourth-order valence-corrected chi connectivity index (χ4v) is 1.03. The number of carbonyl (C=O) groups is 1. The summed E-state index contributed by atoms with van der Waals surface area (Å²) in [4.78, 5) is 10.9. The SMILES string of the molecule is CCNCCCC(C)C(=O)OC. The van der Waals surface area contributed by atoms with E-state index in [0.29, 0.717) is 0 Å². The van der Waals surface area contributed by atoms with Crippen LogP contribution in [-0.2, 0) is 9.53 Å². The quantitative estimate of drug-likeness (QED) is 0.484. The van der Waals surface area contributed by atoms with E-state index in [-0.39, 0.29) is 11.9 Å². The summed E-state index contributed by atoms with van der Waals surface area (Å²) in [6, 6.07) is 0. The maximum absolute atomic E-state index is 10.9. The number of carbonyl (C=O) groups excluding carboxylic acids is 1. The third-order valence-electron chi connectivity index (χ3n) is 1.84. The lowest BCUT2D eigenvalue weighted by atomic mass is 10.1. The fraction of sp³-hybridized carbons (Fsp3) is 0.889. The Bertz CT molecular complexity index is 126. The highest BCUT2D eigenvalue weighted by Crippen LogP contribution is 2.05. The number of hydrogen-bond acceptors (Lipinski definition) is 3. The lowest BCUT2D eigenvalue weighted by molar-refractivity contribution is -0.145. The molecular weight excluding hydrogens is 154 g/mol. The van der Waals surface area contributed by atoms with Crippen molar-refractivity contribution in [1.29, 1.82) is 0 Å². The number of rotatable bonds is 6. The molecule has 0 aliphatic heterocycles. The Morgan fingerprint density at radius 2 is 2.25 bits per heavy atom. The summed E-state index contributed by atoms with van der Waals surface area (Å²) in [6.45, 7) is 5.95. The van der Waals surface area contributed by atoms with Crippen molar-refractivity contribution in [1.82, 2.24) is 5.32 Å². The molecule has 0 aliphatic carbocycles. The van der Waals surface area contributed by atoms with E-state index in [2.05, 4.69) is 17.0 Å². The molecule has 0 saturated heterocycles. The molecule has 1 unspecified atom stereocenters. The molecule has 0 bridgehead atoms. The smallest absolute Gasteiger partial charge is 0.308 e. The van der Waals surface area contributed by atoms with E-state index in [1.165, 1.54) is 7.11 Å². The van der Waals surface area contributed by atoms with Crippen LogP contribution in [0.25, 0.3) is 0 Å². The van der Waals surface area contributed by atoms with Crippen LogP contribution in [0.1, 0.15) is 26.7 Å². The molecule has 0 aromatic carbocycles. The number of methoxy groups -OCH3 is 1. The first kappa shape index (κ1) is 11.4. The van der Waals surface area contributed by atoms with Crippen LogP contribution in [0.4, 0.5) is 0 Å². The van der Waals surface area contributed by atoms with Crippen molar-refractivity contribution in [3.63, 3.8) is 0 Å². The summed E-state index contributed by atoms with van der Waals surface area (Å²) in [5.74, 6) is -0.0693. The highest BCUT2D eigenvalue weighted by Gasteiger charge is 2.11. The molecule has 12 heavy (non-hydrogen) atoms. The van der Waals surface area contributed by atoms with E-state index in [1.54, 1.807) is 0 Å². The summed E-state index contributed by atoms with van der Waals surface area (Å²) in [5.41, 5.74) is 0. The first-order valence-electron chi connectivity index (χ1n) is 4.50. The van der Waals surface area contributed by atoms with Crippen molar-refractivity contribution in [2.24, 2.45) is 5.92 Å². The fourth-order valence-electron chi connectivity index (χ4n) is 1.03. The first-order valence-corrected chi connectivity index (χ1v) is 4.50. The van der Waals surface area contributed by atoms with E-state index in [4.69, 9.17) is 0 Å². The second kappa shape index (κ2) is 7.10. The van der Waals surface area contributed by atoms with Crippen molar-refractivity contribution in [2.75, 3.05) is 20.2 Å². The van der Waals surface area contributed by atoms with Crippen LogP contribution in [0.5, 0.6) is 0 Å². The summed E-state index contributed by atoms with van der Waals surface area (Å²) < 4.78 is 4.61. The predicted octanol–water partition coefficient (Wildman–Crippen LogP) is 1.19. The standard InChI is InChI=1S/C9H19NO2/c1-4-10-7-5-6-8(2)9(11)12-3/h8,10H,4-7H2,1-3H3. The van der Waals surface area contributed by atoms with Crippen molar-refractivity contribution in [3.8, 4) is 0 Å². The Hall–Kier alpha value is -0.570. The van der Waals surface area contributed by atoms with Crippen LogP contribution >= 0.6 is 0 Å². The molecule has 0 saturated carbocycles. The lowest BCUT2D eigenvalue weighted by Crippen LogP contribution is -2.17. The van der Waals surface area contributed by atoms with Crippen molar-refractivity contribution in [3.05, 3.63) is 0 Å². The van der Waals surface area contributed by atoms with E-state index in [0.717, 1.165) is 25.9 Å². The Morgan fingerprint density at radius 1 is 1.58 bits per heavy atom. The molecule has 0 spiro atoms. The van der Waals surface area contributed by atoms with Gasteiger partial charge in [0.1, 0.15) is 0 Å². The van der Waals surface area contributed by atoms with Gasteiger partial charge < -0.3 is 10.1 Å². The Balaban J connectivity index is 3.31. The normalized spacial score (nSPS) is 12.6. The summed E-state index contributed by atoms with van der Waals surface area (Å²) in [6.07, 6.45) is 1.93. The van der Waals surface area contributed by atoms with Gasteiger partial charge in [-0.1, -0.05) is 13.8 Å². The molecule has 1 N–H and O–H groups in total. The minimum atomic E-state index is -0.105. The topological polar surface area (TPSA) is 38.3 Å². The summed E-state index contributed by atoms with van der Waals surface area (Å²) >= 11 is 0. The maximum atomic E-state index is 10.9. The van der Waals surface area contributed by atoms with Crippen LogP contribution < -0.4 is 5.32 Å². The van der Waals surface area contributed by atoms with E-state index in [1.807, 2.05) is 6.92 Å². The van der Waals surface area contributed by atoms with Crippen LogP contribution in [0.2, 0.25) is 0 Å². The van der Waals surface area contributed by atoms with Gasteiger partial charge in [0.25, 0.3) is 0 Å². The predicted molar refractivity (Wildman–Crippen MR) is 49.0 cm³/mol. The summed E-state index contributed by atoms with van der Waals surface area (Å²) in [7, 11) is 1.43. The van der Waals surface area contributed by atoms with Crippen molar-refractivity contribution in [2.45, 2.75) is 26.7 Å². The van der Waals surface area contributed by atoms with Crippen LogP contribution in [0.15, 0.2) is 0 Å². The van der Waals surface area contributed by atoms with Gasteiger partial charge in [0.05, 0.1) is 13.0 Å². The zero-order valence-electron chi connectivity index (χ0n) is 8.22. The minimum absolute atomic E-state index is 0.0358. The highest BCUT2D eigenvalue weighted by molar-refractivity contribution is 5.71. The molecule has 0 rings (SSSR count). The molecule has 0 heterocycles. The van der Waals surface area contributed by atoms with Gasteiger partial charge in [-0.05, 0) is 25.9 Å². The molecule has 0 radical (unpaired) electrons. The monoisotopic (exact) mass is 173 g/mol. The molecule has 0 aromatic rings. The molecule has 0 amide bonds. The van der Waals surface area contributed by atoms with Gasteiger partial charge >= 0.3 is 5.97 Å². The summed E-state index contributed by atoms with van der Waals surface area (Å²) in [5, 5.41) is 3.21. The van der Waals surface area contributed by atoms with Gasteiger partial charge in [0.15, 0.2) is 0 Å². The van der Waals surface area contributed by atoms with Crippen molar-refractivity contribution < 1.29 is 9.53 Å².